The fourth-order valence-electron chi connectivity index (χ4n) is 1.21. The summed E-state index contributed by atoms with van der Waals surface area (Å²) in [5, 5.41) is 24.9. The van der Waals surface area contributed by atoms with Crippen molar-refractivity contribution in [2.24, 2.45) is 0 Å². The third-order valence-electron chi connectivity index (χ3n) is 2.08. The Hall–Kier alpha value is -1.91. The molecule has 0 radical (unpaired) electrons. The summed E-state index contributed by atoms with van der Waals surface area (Å²) < 4.78 is 0. The average Bonchev–Trinajstić information content (AvgIpc) is 2.75. The molecule has 6 nitrogen and oxygen atoms in total. The number of rotatable bonds is 7. The highest BCUT2D eigenvalue weighted by Crippen LogP contribution is 2.21. The molecule has 1 heterocycles. The molecule has 0 aromatic carbocycles. The summed E-state index contributed by atoms with van der Waals surface area (Å²) in [6.45, 7) is 0.747. The van der Waals surface area contributed by atoms with Gasteiger partial charge < -0.3 is 15.7 Å². The third-order valence-corrected chi connectivity index (χ3v) is 2.91. The molecule has 1 aromatic rings. The predicted molar refractivity (Wildman–Crippen MR) is 67.4 cm³/mol. The molecule has 0 aliphatic rings. The van der Waals surface area contributed by atoms with Crippen molar-refractivity contribution in [3.8, 4) is 6.07 Å². The number of amides is 1. The Morgan fingerprint density at radius 1 is 1.39 bits per heavy atom. The van der Waals surface area contributed by atoms with Crippen molar-refractivity contribution < 1.29 is 14.7 Å². The molecule has 0 saturated heterocycles. The van der Waals surface area contributed by atoms with Crippen molar-refractivity contribution >= 4 is 28.2 Å². The van der Waals surface area contributed by atoms with E-state index in [-0.39, 0.29) is 18.7 Å². The van der Waals surface area contributed by atoms with E-state index in [4.69, 9.17) is 10.4 Å². The topological polar surface area (TPSA) is 102 Å². The van der Waals surface area contributed by atoms with E-state index < -0.39 is 5.97 Å². The molecule has 0 spiro atoms. The van der Waals surface area contributed by atoms with Crippen LogP contribution in [0.1, 0.15) is 18.4 Å². The molecule has 0 aliphatic carbocycles. The van der Waals surface area contributed by atoms with Gasteiger partial charge in [0.2, 0.25) is 5.91 Å². The van der Waals surface area contributed by atoms with Crippen LogP contribution in [-0.4, -0.2) is 30.1 Å². The standard InChI is InChI=1S/C11H13N3O3S/c12-7-8-3-6-18-11(8)14-9(15)1-4-13-5-2-10(16)17/h3,6,13H,1-2,4-5H2,(H,14,15)(H,16,17). The number of carboxylic acids is 1. The minimum Gasteiger partial charge on any atom is -0.481 e. The summed E-state index contributed by atoms with van der Waals surface area (Å²) in [6.07, 6.45) is 0.271. The van der Waals surface area contributed by atoms with Gasteiger partial charge in [-0.3, -0.25) is 9.59 Å². The van der Waals surface area contributed by atoms with Crippen LogP contribution in [0.2, 0.25) is 0 Å². The zero-order valence-electron chi connectivity index (χ0n) is 9.60. The van der Waals surface area contributed by atoms with Gasteiger partial charge in [-0.25, -0.2) is 0 Å². The molecule has 18 heavy (non-hydrogen) atoms. The highest BCUT2D eigenvalue weighted by Gasteiger charge is 2.07. The molecule has 96 valence electrons. The van der Waals surface area contributed by atoms with E-state index in [0.717, 1.165) is 0 Å². The number of nitrogens with zero attached hydrogens (tertiary/aromatic N) is 1. The summed E-state index contributed by atoms with van der Waals surface area (Å²) in [6, 6.07) is 3.63. The lowest BCUT2D eigenvalue weighted by Gasteiger charge is -2.04. The van der Waals surface area contributed by atoms with Crippen LogP contribution in [0.25, 0.3) is 0 Å². The molecular weight excluding hydrogens is 254 g/mol. The molecule has 0 aliphatic heterocycles. The number of nitriles is 1. The fourth-order valence-corrected chi connectivity index (χ4v) is 1.96. The van der Waals surface area contributed by atoms with Gasteiger partial charge in [0, 0.05) is 19.5 Å². The van der Waals surface area contributed by atoms with Crippen LogP contribution < -0.4 is 10.6 Å². The van der Waals surface area contributed by atoms with E-state index in [1.807, 2.05) is 6.07 Å². The molecule has 1 aromatic heterocycles. The molecule has 1 rings (SSSR count). The van der Waals surface area contributed by atoms with Crippen LogP contribution in [0.3, 0.4) is 0 Å². The van der Waals surface area contributed by atoms with Crippen LogP contribution in [-0.2, 0) is 9.59 Å². The first-order chi connectivity index (χ1) is 8.63. The molecule has 0 unspecified atom stereocenters. The van der Waals surface area contributed by atoms with Gasteiger partial charge in [0.05, 0.1) is 12.0 Å². The smallest absolute Gasteiger partial charge is 0.304 e. The van der Waals surface area contributed by atoms with E-state index >= 15 is 0 Å². The SMILES string of the molecule is N#Cc1ccsc1NC(=O)CCNCCC(=O)O. The van der Waals surface area contributed by atoms with Crippen molar-refractivity contribution in [2.45, 2.75) is 12.8 Å². The van der Waals surface area contributed by atoms with E-state index in [0.29, 0.717) is 23.7 Å². The fraction of sp³-hybridized carbons (Fsp3) is 0.364. The number of carbonyl (C=O) groups excluding carboxylic acids is 1. The van der Waals surface area contributed by atoms with Gasteiger partial charge in [-0.15, -0.1) is 11.3 Å². The zero-order chi connectivity index (χ0) is 13.4. The normalized spacial score (nSPS) is 9.72. The number of carboxylic acid groups (broad SMARTS) is 1. The maximum atomic E-state index is 11.5. The molecule has 0 bridgehead atoms. The molecule has 3 N–H and O–H groups in total. The molecular formula is C11H13N3O3S. The van der Waals surface area contributed by atoms with Crippen LogP contribution in [0, 0.1) is 11.3 Å². The second-order valence-electron chi connectivity index (χ2n) is 3.47. The lowest BCUT2D eigenvalue weighted by Crippen LogP contribution is -2.23. The molecule has 0 saturated carbocycles. The maximum Gasteiger partial charge on any atom is 0.304 e. The minimum absolute atomic E-state index is 0.0329. The van der Waals surface area contributed by atoms with Gasteiger partial charge in [-0.05, 0) is 11.4 Å². The monoisotopic (exact) mass is 267 g/mol. The summed E-state index contributed by atoms with van der Waals surface area (Å²) in [4.78, 5) is 21.7. The quantitative estimate of drug-likeness (QED) is 0.640. The lowest BCUT2D eigenvalue weighted by atomic mass is 10.3. The Balaban J connectivity index is 2.22. The Kier molecular flexibility index (Phi) is 5.84. The van der Waals surface area contributed by atoms with Crippen LogP contribution >= 0.6 is 11.3 Å². The van der Waals surface area contributed by atoms with Gasteiger partial charge in [-0.1, -0.05) is 0 Å². The second kappa shape index (κ2) is 7.42. The van der Waals surface area contributed by atoms with Crippen molar-refractivity contribution in [2.75, 3.05) is 18.4 Å². The van der Waals surface area contributed by atoms with Gasteiger partial charge in [0.25, 0.3) is 0 Å². The highest BCUT2D eigenvalue weighted by atomic mass is 32.1. The van der Waals surface area contributed by atoms with Crippen molar-refractivity contribution in [3.05, 3.63) is 17.0 Å². The number of anilines is 1. The van der Waals surface area contributed by atoms with Crippen molar-refractivity contribution in [3.63, 3.8) is 0 Å². The zero-order valence-corrected chi connectivity index (χ0v) is 10.4. The van der Waals surface area contributed by atoms with Gasteiger partial charge in [-0.2, -0.15) is 5.26 Å². The first kappa shape index (κ1) is 14.2. The Morgan fingerprint density at radius 3 is 2.78 bits per heavy atom. The summed E-state index contributed by atoms with van der Waals surface area (Å²) in [5.74, 6) is -1.07. The largest absolute Gasteiger partial charge is 0.481 e. The third kappa shape index (κ3) is 4.95. The Labute approximate surface area is 108 Å². The highest BCUT2D eigenvalue weighted by molar-refractivity contribution is 7.14. The molecule has 7 heteroatoms. The minimum atomic E-state index is -0.871. The first-order valence-corrected chi connectivity index (χ1v) is 6.21. The van der Waals surface area contributed by atoms with Crippen LogP contribution in [0.5, 0.6) is 0 Å². The van der Waals surface area contributed by atoms with Gasteiger partial charge >= 0.3 is 5.97 Å². The van der Waals surface area contributed by atoms with Gasteiger partial charge in [0.1, 0.15) is 11.1 Å². The van der Waals surface area contributed by atoms with Crippen LogP contribution in [0.4, 0.5) is 5.00 Å². The number of nitrogens with one attached hydrogen (secondary N) is 2. The van der Waals surface area contributed by atoms with Crippen molar-refractivity contribution in [1.82, 2.24) is 5.32 Å². The number of hydrogen-bond donors (Lipinski definition) is 3. The Bertz CT molecular complexity index is 464. The van der Waals surface area contributed by atoms with E-state index in [1.54, 1.807) is 11.4 Å². The number of aliphatic carboxylic acids is 1. The second-order valence-corrected chi connectivity index (χ2v) is 4.38. The molecule has 0 fully saturated rings. The van der Waals surface area contributed by atoms with Crippen LogP contribution in [0.15, 0.2) is 11.4 Å². The lowest BCUT2D eigenvalue weighted by molar-refractivity contribution is -0.136. The number of thiophene rings is 1. The van der Waals surface area contributed by atoms with E-state index in [9.17, 15) is 9.59 Å². The maximum absolute atomic E-state index is 11.5. The van der Waals surface area contributed by atoms with E-state index in [1.165, 1.54) is 11.3 Å². The number of hydrogen-bond acceptors (Lipinski definition) is 5. The van der Waals surface area contributed by atoms with E-state index in [2.05, 4.69) is 10.6 Å². The first-order valence-electron chi connectivity index (χ1n) is 5.33. The van der Waals surface area contributed by atoms with Crippen molar-refractivity contribution in [1.29, 1.82) is 5.26 Å². The predicted octanol–water partition coefficient (Wildman–Crippen LogP) is 1.01. The molecule has 0 atom stereocenters. The van der Waals surface area contributed by atoms with Gasteiger partial charge in [0.15, 0.2) is 0 Å². The summed E-state index contributed by atoms with van der Waals surface area (Å²) >= 11 is 1.30. The average molecular weight is 267 g/mol. The summed E-state index contributed by atoms with van der Waals surface area (Å²) in [5.41, 5.74) is 0.451. The number of carbonyl (C=O) groups is 2. The summed E-state index contributed by atoms with van der Waals surface area (Å²) in [7, 11) is 0. The Morgan fingerprint density at radius 2 is 2.11 bits per heavy atom. The molecule has 1 amide bonds.